The van der Waals surface area contributed by atoms with Crippen LogP contribution in [-0.2, 0) is 0 Å². The van der Waals surface area contributed by atoms with Gasteiger partial charge in [-0.15, -0.1) is 0 Å². The molecular weight excluding hydrogens is 296 g/mol. The van der Waals surface area contributed by atoms with Gasteiger partial charge in [0.2, 0.25) is 0 Å². The minimum absolute atomic E-state index is 0.0780. The summed E-state index contributed by atoms with van der Waals surface area (Å²) in [4.78, 5) is 2.46. The molecule has 0 bridgehead atoms. The minimum Gasteiger partial charge on any atom is -0.370 e. The highest BCUT2D eigenvalue weighted by molar-refractivity contribution is 9.10. The highest BCUT2D eigenvalue weighted by atomic mass is 79.9. The third-order valence-corrected chi connectivity index (χ3v) is 4.90. The molecule has 1 aromatic rings. The predicted octanol–water partition coefficient (Wildman–Crippen LogP) is 3.41. The van der Waals surface area contributed by atoms with Crippen LogP contribution in [0.3, 0.4) is 0 Å². The summed E-state index contributed by atoms with van der Waals surface area (Å²) in [6.45, 7) is 6.58. The molecule has 1 heterocycles. The molecule has 1 aliphatic rings. The molecule has 2 unspecified atom stereocenters. The first-order chi connectivity index (χ1) is 8.08. The summed E-state index contributed by atoms with van der Waals surface area (Å²) < 4.78 is 1.12. The highest BCUT2D eigenvalue weighted by Gasteiger charge is 2.17. The Labute approximate surface area is 116 Å². The maximum absolute atomic E-state index is 5.92. The zero-order valence-electron chi connectivity index (χ0n) is 10.3. The Morgan fingerprint density at radius 2 is 2.29 bits per heavy atom. The average molecular weight is 315 g/mol. The van der Waals surface area contributed by atoms with Crippen LogP contribution in [0.15, 0.2) is 22.7 Å². The van der Waals surface area contributed by atoms with Gasteiger partial charge in [0, 0.05) is 40.3 Å². The van der Waals surface area contributed by atoms with Crippen molar-refractivity contribution in [2.45, 2.75) is 25.1 Å². The van der Waals surface area contributed by atoms with Gasteiger partial charge in [0.05, 0.1) is 0 Å². The van der Waals surface area contributed by atoms with Crippen molar-refractivity contribution in [2.75, 3.05) is 23.7 Å². The molecule has 0 spiro atoms. The van der Waals surface area contributed by atoms with E-state index < -0.39 is 0 Å². The van der Waals surface area contributed by atoms with Gasteiger partial charge >= 0.3 is 0 Å². The van der Waals surface area contributed by atoms with Gasteiger partial charge in [-0.25, -0.2) is 0 Å². The molecule has 17 heavy (non-hydrogen) atoms. The monoisotopic (exact) mass is 314 g/mol. The average Bonchev–Trinajstić information content (AvgIpc) is 2.28. The quantitative estimate of drug-likeness (QED) is 0.907. The van der Waals surface area contributed by atoms with Crippen LogP contribution in [0.5, 0.6) is 0 Å². The molecule has 0 radical (unpaired) electrons. The van der Waals surface area contributed by atoms with Crippen LogP contribution in [0.4, 0.5) is 5.69 Å². The van der Waals surface area contributed by atoms with E-state index in [-0.39, 0.29) is 6.04 Å². The predicted molar refractivity (Wildman–Crippen MR) is 80.9 cm³/mol. The molecule has 4 heteroatoms. The molecule has 1 fully saturated rings. The first-order valence-corrected chi connectivity index (χ1v) is 7.83. The summed E-state index contributed by atoms with van der Waals surface area (Å²) in [6, 6.07) is 6.60. The van der Waals surface area contributed by atoms with Gasteiger partial charge in [-0.2, -0.15) is 11.8 Å². The van der Waals surface area contributed by atoms with Gasteiger partial charge < -0.3 is 10.6 Å². The Bertz CT molecular complexity index is 395. The largest absolute Gasteiger partial charge is 0.370 e. The van der Waals surface area contributed by atoms with E-state index in [4.69, 9.17) is 5.73 Å². The zero-order valence-corrected chi connectivity index (χ0v) is 12.7. The first-order valence-electron chi connectivity index (χ1n) is 5.99. The number of nitrogens with zero attached hydrogens (tertiary/aromatic N) is 1. The summed E-state index contributed by atoms with van der Waals surface area (Å²) in [7, 11) is 0. The third kappa shape index (κ3) is 3.18. The molecule has 0 saturated carbocycles. The lowest BCUT2D eigenvalue weighted by Gasteiger charge is -2.32. The van der Waals surface area contributed by atoms with Crippen molar-refractivity contribution in [1.82, 2.24) is 0 Å². The van der Waals surface area contributed by atoms with Crippen LogP contribution in [0.25, 0.3) is 0 Å². The lowest BCUT2D eigenvalue weighted by atomic mass is 10.1. The smallest absolute Gasteiger partial charge is 0.0378 e. The SMILES string of the molecule is CC1CN(c2ccc(C(C)N)c(Br)c2)CCS1. The van der Waals surface area contributed by atoms with Gasteiger partial charge in [0.15, 0.2) is 0 Å². The van der Waals surface area contributed by atoms with Crippen molar-refractivity contribution in [3.63, 3.8) is 0 Å². The molecule has 94 valence electrons. The fourth-order valence-electron chi connectivity index (χ4n) is 2.13. The van der Waals surface area contributed by atoms with Crippen molar-refractivity contribution in [2.24, 2.45) is 5.73 Å². The van der Waals surface area contributed by atoms with Gasteiger partial charge in [-0.05, 0) is 24.6 Å². The number of hydrogen-bond acceptors (Lipinski definition) is 3. The molecule has 2 N–H and O–H groups in total. The maximum Gasteiger partial charge on any atom is 0.0378 e. The number of anilines is 1. The minimum atomic E-state index is 0.0780. The van der Waals surface area contributed by atoms with Crippen LogP contribution >= 0.6 is 27.7 Å². The fraction of sp³-hybridized carbons (Fsp3) is 0.538. The topological polar surface area (TPSA) is 29.3 Å². The number of thioether (sulfide) groups is 1. The summed E-state index contributed by atoms with van der Waals surface area (Å²) in [6.07, 6.45) is 0. The number of halogens is 1. The normalized spacial score (nSPS) is 22.6. The summed E-state index contributed by atoms with van der Waals surface area (Å²) >= 11 is 5.67. The summed E-state index contributed by atoms with van der Waals surface area (Å²) in [5, 5.41) is 0.718. The van der Waals surface area contributed by atoms with Gasteiger partial charge in [-0.3, -0.25) is 0 Å². The van der Waals surface area contributed by atoms with Gasteiger partial charge in [-0.1, -0.05) is 28.9 Å². The van der Waals surface area contributed by atoms with E-state index in [2.05, 4.69) is 57.7 Å². The summed E-state index contributed by atoms with van der Waals surface area (Å²) in [5.74, 6) is 1.22. The standard InChI is InChI=1S/C13H19BrN2S/c1-9-8-16(5-6-17-9)11-3-4-12(10(2)15)13(14)7-11/h3-4,7,9-10H,5-6,8,15H2,1-2H3. The van der Waals surface area contributed by atoms with E-state index in [0.29, 0.717) is 0 Å². The van der Waals surface area contributed by atoms with Gasteiger partial charge in [0.25, 0.3) is 0 Å². The molecule has 2 nitrogen and oxygen atoms in total. The van der Waals surface area contributed by atoms with E-state index in [1.165, 1.54) is 17.0 Å². The molecule has 0 amide bonds. The molecule has 1 saturated heterocycles. The number of benzene rings is 1. The van der Waals surface area contributed by atoms with Gasteiger partial charge in [0.1, 0.15) is 0 Å². The molecule has 1 aliphatic heterocycles. The molecule has 2 atom stereocenters. The van der Waals surface area contributed by atoms with Crippen molar-refractivity contribution in [3.8, 4) is 0 Å². The van der Waals surface area contributed by atoms with E-state index in [0.717, 1.165) is 22.8 Å². The lowest BCUT2D eigenvalue weighted by molar-refractivity contribution is 0.778. The molecular formula is C13H19BrN2S. The summed E-state index contributed by atoms with van der Waals surface area (Å²) in [5.41, 5.74) is 8.39. The Hall–Kier alpha value is -0.190. The Balaban J connectivity index is 2.19. The van der Waals surface area contributed by atoms with E-state index in [9.17, 15) is 0 Å². The molecule has 0 aromatic heterocycles. The Kier molecular flexibility index (Phi) is 4.39. The number of nitrogens with two attached hydrogens (primary N) is 1. The second-order valence-electron chi connectivity index (χ2n) is 4.62. The fourth-order valence-corrected chi connectivity index (χ4v) is 3.88. The second-order valence-corrected chi connectivity index (χ2v) is 7.02. The number of rotatable bonds is 2. The van der Waals surface area contributed by atoms with Crippen LogP contribution in [0.2, 0.25) is 0 Å². The number of hydrogen-bond donors (Lipinski definition) is 1. The van der Waals surface area contributed by atoms with Crippen molar-refractivity contribution >= 4 is 33.4 Å². The van der Waals surface area contributed by atoms with Crippen LogP contribution in [0, 0.1) is 0 Å². The van der Waals surface area contributed by atoms with E-state index >= 15 is 0 Å². The third-order valence-electron chi connectivity index (χ3n) is 3.08. The molecule has 0 aliphatic carbocycles. The first kappa shape index (κ1) is 13.2. The molecule has 1 aromatic carbocycles. The zero-order chi connectivity index (χ0) is 12.4. The second kappa shape index (κ2) is 5.63. The van der Waals surface area contributed by atoms with Crippen LogP contribution in [0.1, 0.15) is 25.5 Å². The Morgan fingerprint density at radius 1 is 1.53 bits per heavy atom. The van der Waals surface area contributed by atoms with Crippen molar-refractivity contribution in [3.05, 3.63) is 28.2 Å². The van der Waals surface area contributed by atoms with Crippen molar-refractivity contribution < 1.29 is 0 Å². The van der Waals surface area contributed by atoms with Crippen LogP contribution in [-0.4, -0.2) is 24.1 Å². The lowest BCUT2D eigenvalue weighted by Crippen LogP contribution is -2.36. The van der Waals surface area contributed by atoms with E-state index in [1.54, 1.807) is 0 Å². The van der Waals surface area contributed by atoms with Crippen molar-refractivity contribution in [1.29, 1.82) is 0 Å². The maximum atomic E-state index is 5.92. The Morgan fingerprint density at radius 3 is 2.88 bits per heavy atom. The van der Waals surface area contributed by atoms with Crippen LogP contribution < -0.4 is 10.6 Å². The van der Waals surface area contributed by atoms with E-state index in [1.807, 2.05) is 6.92 Å². The highest BCUT2D eigenvalue weighted by Crippen LogP contribution is 2.29. The molecule has 2 rings (SSSR count).